The van der Waals surface area contributed by atoms with Crippen LogP contribution in [0.3, 0.4) is 0 Å². The molecule has 4 rings (SSSR count). The number of aromatic nitrogens is 2. The molecule has 3 aromatic rings. The van der Waals surface area contributed by atoms with E-state index in [1.54, 1.807) is 30.3 Å². The summed E-state index contributed by atoms with van der Waals surface area (Å²) in [5.74, 6) is -0.104. The Morgan fingerprint density at radius 2 is 1.97 bits per heavy atom. The Hall–Kier alpha value is -2.90. The summed E-state index contributed by atoms with van der Waals surface area (Å²) in [6.07, 6.45) is -0.909. The second kappa shape index (κ2) is 10.8. The van der Waals surface area contributed by atoms with Gasteiger partial charge in [-0.25, -0.2) is 9.97 Å². The predicted octanol–water partition coefficient (Wildman–Crippen LogP) is 7.37. The fourth-order valence-corrected chi connectivity index (χ4v) is 6.38. The molecule has 2 aromatic heterocycles. The van der Waals surface area contributed by atoms with Gasteiger partial charge >= 0.3 is 6.18 Å². The quantitative estimate of drug-likeness (QED) is 0.248. The molecule has 0 fully saturated rings. The smallest absolute Gasteiger partial charge is 0.316 e. The van der Waals surface area contributed by atoms with Crippen LogP contribution in [0.5, 0.6) is 0 Å². The lowest BCUT2D eigenvalue weighted by atomic mass is 9.69. The molecule has 1 N–H and O–H groups in total. The minimum atomic E-state index is -4.65. The molecule has 0 radical (unpaired) electrons. The van der Waals surface area contributed by atoms with Crippen LogP contribution in [0.25, 0.3) is 11.3 Å². The topological polar surface area (TPSA) is 78.7 Å². The summed E-state index contributed by atoms with van der Waals surface area (Å²) < 4.78 is 40.4. The molecule has 2 heterocycles. The molecule has 0 spiro atoms. The van der Waals surface area contributed by atoms with Crippen molar-refractivity contribution < 1.29 is 18.0 Å². The highest BCUT2D eigenvalue weighted by Gasteiger charge is 2.35. The summed E-state index contributed by atoms with van der Waals surface area (Å²) in [6.45, 7) is 6.71. The lowest BCUT2D eigenvalue weighted by molar-refractivity contribution is -0.141. The van der Waals surface area contributed by atoms with Crippen LogP contribution < -0.4 is 5.32 Å². The average molecular weight is 545 g/mol. The minimum absolute atomic E-state index is 0.132. The Labute approximate surface area is 222 Å². The van der Waals surface area contributed by atoms with Gasteiger partial charge in [0.2, 0.25) is 5.91 Å². The Morgan fingerprint density at radius 3 is 2.62 bits per heavy atom. The number of fused-ring (bicyclic) bond motifs is 1. The molecular weight excluding hydrogens is 517 g/mol. The van der Waals surface area contributed by atoms with Crippen molar-refractivity contribution in [3.05, 3.63) is 58.1 Å². The van der Waals surface area contributed by atoms with Crippen LogP contribution in [-0.4, -0.2) is 21.6 Å². The Balaban J connectivity index is 1.50. The SMILES string of the molecule is CCC(C)(C)[C@@H]1CCc2c(sc(NC(=O)CSc3nc(-c4ccccc4)cc(C(F)(F)F)n3)c2C#N)C1. The Kier molecular flexibility index (Phi) is 7.95. The van der Waals surface area contributed by atoms with Crippen LogP contribution >= 0.6 is 23.1 Å². The average Bonchev–Trinajstić information content (AvgIpc) is 3.23. The van der Waals surface area contributed by atoms with E-state index in [9.17, 15) is 23.2 Å². The van der Waals surface area contributed by atoms with Gasteiger partial charge in [-0.1, -0.05) is 69.3 Å². The number of benzene rings is 1. The van der Waals surface area contributed by atoms with Gasteiger partial charge in [0.25, 0.3) is 0 Å². The van der Waals surface area contributed by atoms with Crippen molar-refractivity contribution >= 4 is 34.0 Å². The van der Waals surface area contributed by atoms with Crippen molar-refractivity contribution in [1.29, 1.82) is 5.26 Å². The molecular formula is C27H27F3N4OS2. The van der Waals surface area contributed by atoms with Gasteiger partial charge in [0.05, 0.1) is 17.0 Å². The number of alkyl halides is 3. The first-order chi connectivity index (χ1) is 17.5. The molecule has 5 nitrogen and oxygen atoms in total. The third kappa shape index (κ3) is 6.16. The summed E-state index contributed by atoms with van der Waals surface area (Å²) >= 11 is 2.26. The highest BCUT2D eigenvalue weighted by Crippen LogP contribution is 2.45. The van der Waals surface area contributed by atoms with Crippen molar-refractivity contribution in [3.63, 3.8) is 0 Å². The van der Waals surface area contributed by atoms with E-state index in [0.717, 1.165) is 54.0 Å². The number of amides is 1. The van der Waals surface area contributed by atoms with Gasteiger partial charge in [0.1, 0.15) is 16.8 Å². The van der Waals surface area contributed by atoms with Gasteiger partial charge in [-0.3, -0.25) is 4.79 Å². The standard InChI is InChI=1S/C27H27F3N4OS2/c1-4-26(2,3)17-10-11-18-19(14-31)24(37-21(18)12-17)34-23(35)15-36-25-32-20(16-8-6-5-7-9-16)13-22(33-25)27(28,29)30/h5-9,13,17H,4,10-12,15H2,1-3H3,(H,34,35)/t17-/m1/s1. The monoisotopic (exact) mass is 544 g/mol. The number of nitrogens with one attached hydrogen (secondary N) is 1. The minimum Gasteiger partial charge on any atom is -0.316 e. The first kappa shape index (κ1) is 27.1. The van der Waals surface area contributed by atoms with Gasteiger partial charge in [-0.15, -0.1) is 11.3 Å². The van der Waals surface area contributed by atoms with Crippen LogP contribution in [0.4, 0.5) is 18.2 Å². The van der Waals surface area contributed by atoms with E-state index < -0.39 is 17.8 Å². The summed E-state index contributed by atoms with van der Waals surface area (Å²) in [5.41, 5.74) is 1.28. The molecule has 0 unspecified atom stereocenters. The molecule has 0 bridgehead atoms. The first-order valence-corrected chi connectivity index (χ1v) is 13.8. The number of nitriles is 1. The number of halogens is 3. The largest absolute Gasteiger partial charge is 0.433 e. The molecule has 0 aliphatic heterocycles. The van der Waals surface area contributed by atoms with Gasteiger partial charge in [-0.2, -0.15) is 18.4 Å². The third-order valence-electron chi connectivity index (χ3n) is 7.04. The van der Waals surface area contributed by atoms with Crippen molar-refractivity contribution in [3.8, 4) is 17.3 Å². The number of rotatable bonds is 7. The zero-order valence-corrected chi connectivity index (χ0v) is 22.4. The van der Waals surface area contributed by atoms with Crippen LogP contribution in [0.2, 0.25) is 0 Å². The van der Waals surface area contributed by atoms with E-state index in [1.807, 2.05) is 0 Å². The number of thiophene rings is 1. The number of nitrogens with zero attached hydrogens (tertiary/aromatic N) is 3. The second-order valence-corrected chi connectivity index (χ2v) is 11.8. The fourth-order valence-electron chi connectivity index (χ4n) is 4.43. The lowest BCUT2D eigenvalue weighted by Crippen LogP contribution is -2.28. The number of hydrogen-bond acceptors (Lipinski definition) is 6. The van der Waals surface area contributed by atoms with Crippen LogP contribution in [-0.2, 0) is 23.8 Å². The second-order valence-electron chi connectivity index (χ2n) is 9.72. The first-order valence-electron chi connectivity index (χ1n) is 12.0. The van der Waals surface area contributed by atoms with Gasteiger partial charge in [0.15, 0.2) is 5.16 Å². The number of anilines is 1. The van der Waals surface area contributed by atoms with E-state index in [2.05, 4.69) is 42.1 Å². The number of hydrogen-bond donors (Lipinski definition) is 1. The highest BCUT2D eigenvalue weighted by atomic mass is 32.2. The zero-order valence-electron chi connectivity index (χ0n) is 20.8. The molecule has 1 amide bonds. The molecule has 0 saturated heterocycles. The molecule has 0 saturated carbocycles. The van der Waals surface area contributed by atoms with Crippen molar-refractivity contribution in [2.24, 2.45) is 11.3 Å². The van der Waals surface area contributed by atoms with Crippen molar-refractivity contribution in [2.45, 2.75) is 57.8 Å². The molecule has 1 aliphatic carbocycles. The summed E-state index contributed by atoms with van der Waals surface area (Å²) in [6, 6.07) is 11.7. The molecule has 1 atom stereocenters. The third-order valence-corrected chi connectivity index (χ3v) is 9.06. The summed E-state index contributed by atoms with van der Waals surface area (Å²) in [5, 5.41) is 12.9. The molecule has 37 heavy (non-hydrogen) atoms. The maximum Gasteiger partial charge on any atom is 0.433 e. The van der Waals surface area contributed by atoms with Gasteiger partial charge in [-0.05, 0) is 42.2 Å². The normalized spacial score (nSPS) is 15.6. The van der Waals surface area contributed by atoms with Gasteiger partial charge in [0, 0.05) is 10.4 Å². The van der Waals surface area contributed by atoms with Crippen LogP contribution in [0.15, 0.2) is 41.6 Å². The zero-order chi connectivity index (χ0) is 26.8. The van der Waals surface area contributed by atoms with Crippen molar-refractivity contribution in [2.75, 3.05) is 11.1 Å². The van der Waals surface area contributed by atoms with E-state index in [0.29, 0.717) is 22.0 Å². The summed E-state index contributed by atoms with van der Waals surface area (Å²) in [4.78, 5) is 21.8. The van der Waals surface area contributed by atoms with Crippen LogP contribution in [0, 0.1) is 22.7 Å². The summed E-state index contributed by atoms with van der Waals surface area (Å²) in [7, 11) is 0. The molecule has 194 valence electrons. The lowest BCUT2D eigenvalue weighted by Gasteiger charge is -2.36. The number of carbonyl (C=O) groups is 1. The van der Waals surface area contributed by atoms with E-state index >= 15 is 0 Å². The predicted molar refractivity (Wildman–Crippen MR) is 140 cm³/mol. The molecule has 1 aromatic carbocycles. The van der Waals surface area contributed by atoms with E-state index in [4.69, 9.17) is 0 Å². The molecule has 1 aliphatic rings. The van der Waals surface area contributed by atoms with E-state index in [-0.39, 0.29) is 22.0 Å². The molecule has 10 heteroatoms. The Morgan fingerprint density at radius 1 is 1.24 bits per heavy atom. The maximum atomic E-state index is 13.5. The Bertz CT molecular complexity index is 1330. The fraction of sp³-hybridized carbons (Fsp3) is 0.407. The van der Waals surface area contributed by atoms with E-state index in [1.165, 1.54) is 11.3 Å². The van der Waals surface area contributed by atoms with Crippen molar-refractivity contribution in [1.82, 2.24) is 9.97 Å². The highest BCUT2D eigenvalue weighted by molar-refractivity contribution is 7.99. The van der Waals surface area contributed by atoms with Crippen LogP contribution in [0.1, 0.15) is 55.3 Å². The number of thioether (sulfide) groups is 1. The maximum absolute atomic E-state index is 13.5. The number of carbonyl (C=O) groups excluding carboxylic acids is 1. The van der Waals surface area contributed by atoms with Gasteiger partial charge < -0.3 is 5.32 Å².